The van der Waals surface area contributed by atoms with Gasteiger partial charge in [0, 0.05) is 42.0 Å². The molecule has 1 atom stereocenters. The summed E-state index contributed by atoms with van der Waals surface area (Å²) in [4.78, 5) is 39.2. The molecule has 1 saturated heterocycles. The van der Waals surface area contributed by atoms with Crippen molar-refractivity contribution in [3.8, 4) is 0 Å². The molecule has 0 saturated carbocycles. The van der Waals surface area contributed by atoms with Gasteiger partial charge in [0.2, 0.25) is 5.91 Å². The number of carbonyl (C=O) groups excluding carboxylic acids is 3. The molecule has 3 rings (SSSR count). The zero-order valence-corrected chi connectivity index (χ0v) is 17.4. The second kappa shape index (κ2) is 10.2. The average molecular weight is 430 g/mol. The van der Waals surface area contributed by atoms with Gasteiger partial charge in [-0.3, -0.25) is 14.4 Å². The fourth-order valence-electron chi connectivity index (χ4n) is 3.37. The van der Waals surface area contributed by atoms with Crippen molar-refractivity contribution >= 4 is 35.0 Å². The van der Waals surface area contributed by atoms with E-state index in [0.29, 0.717) is 48.0 Å². The summed E-state index contributed by atoms with van der Waals surface area (Å²) in [6, 6.07) is 12.8. The molecule has 0 aliphatic carbocycles. The molecule has 2 N–H and O–H groups in total. The monoisotopic (exact) mass is 429 g/mol. The number of hydrogen-bond acceptors (Lipinski definition) is 4. The predicted octanol–water partition coefficient (Wildman–Crippen LogP) is 2.96. The van der Waals surface area contributed by atoms with E-state index in [1.165, 1.54) is 0 Å². The van der Waals surface area contributed by atoms with Crippen LogP contribution in [0.2, 0.25) is 5.02 Å². The maximum absolute atomic E-state index is 12.9. The summed E-state index contributed by atoms with van der Waals surface area (Å²) in [6.45, 7) is 1.37. The van der Waals surface area contributed by atoms with Crippen molar-refractivity contribution in [2.45, 2.75) is 18.9 Å². The van der Waals surface area contributed by atoms with E-state index in [2.05, 4.69) is 10.6 Å². The van der Waals surface area contributed by atoms with Crippen LogP contribution in [0.3, 0.4) is 0 Å². The molecule has 30 heavy (non-hydrogen) atoms. The van der Waals surface area contributed by atoms with Crippen LogP contribution in [0.1, 0.15) is 33.6 Å². The second-order valence-electron chi connectivity index (χ2n) is 6.98. The Bertz CT molecular complexity index is 917. The molecule has 2 aromatic rings. The van der Waals surface area contributed by atoms with Crippen LogP contribution in [-0.2, 0) is 9.53 Å². The number of rotatable bonds is 7. The van der Waals surface area contributed by atoms with Crippen molar-refractivity contribution < 1.29 is 19.1 Å². The van der Waals surface area contributed by atoms with Crippen LogP contribution in [0, 0.1) is 0 Å². The summed E-state index contributed by atoms with van der Waals surface area (Å²) in [6.07, 6.45) is 1.42. The molecule has 158 valence electrons. The number of amides is 3. The van der Waals surface area contributed by atoms with Gasteiger partial charge in [-0.15, -0.1) is 0 Å². The molecule has 8 heteroatoms. The summed E-state index contributed by atoms with van der Waals surface area (Å²) in [5.41, 5.74) is 1.47. The van der Waals surface area contributed by atoms with Gasteiger partial charge in [0.05, 0.1) is 6.61 Å². The van der Waals surface area contributed by atoms with Crippen LogP contribution in [-0.4, -0.2) is 55.5 Å². The maximum Gasteiger partial charge on any atom is 0.255 e. The summed E-state index contributed by atoms with van der Waals surface area (Å²) in [5.74, 6) is -0.653. The second-order valence-corrected chi connectivity index (χ2v) is 7.42. The van der Waals surface area contributed by atoms with Gasteiger partial charge in [-0.1, -0.05) is 17.7 Å². The highest BCUT2D eigenvalue weighted by molar-refractivity contribution is 6.31. The first-order chi connectivity index (χ1) is 14.5. The van der Waals surface area contributed by atoms with Crippen LogP contribution in [0.4, 0.5) is 5.69 Å². The molecule has 0 radical (unpaired) electrons. The van der Waals surface area contributed by atoms with E-state index in [-0.39, 0.29) is 17.7 Å². The smallest absolute Gasteiger partial charge is 0.255 e. The largest absolute Gasteiger partial charge is 0.383 e. The fraction of sp³-hybridized carbons (Fsp3) is 0.318. The Morgan fingerprint density at radius 3 is 2.60 bits per heavy atom. The van der Waals surface area contributed by atoms with Gasteiger partial charge in [-0.25, -0.2) is 0 Å². The molecular weight excluding hydrogens is 406 g/mol. The first kappa shape index (κ1) is 21.8. The van der Waals surface area contributed by atoms with Crippen LogP contribution < -0.4 is 10.6 Å². The van der Waals surface area contributed by atoms with E-state index < -0.39 is 6.04 Å². The zero-order chi connectivity index (χ0) is 21.5. The van der Waals surface area contributed by atoms with Crippen LogP contribution in [0.25, 0.3) is 0 Å². The minimum Gasteiger partial charge on any atom is -0.383 e. The molecule has 1 aliphatic heterocycles. The van der Waals surface area contributed by atoms with Crippen molar-refractivity contribution in [2.24, 2.45) is 0 Å². The molecule has 7 nitrogen and oxygen atoms in total. The topological polar surface area (TPSA) is 87.7 Å². The third kappa shape index (κ3) is 5.37. The molecule has 1 fully saturated rings. The maximum atomic E-state index is 12.9. The minimum absolute atomic E-state index is 0.164. The number of hydrogen-bond donors (Lipinski definition) is 2. The highest BCUT2D eigenvalue weighted by atomic mass is 35.5. The normalized spacial score (nSPS) is 15.7. The number of anilines is 1. The van der Waals surface area contributed by atoms with Gasteiger partial charge in [0.25, 0.3) is 11.8 Å². The number of halogens is 1. The van der Waals surface area contributed by atoms with Crippen molar-refractivity contribution in [1.82, 2.24) is 10.2 Å². The molecular formula is C22H24ClN3O4. The van der Waals surface area contributed by atoms with Crippen molar-refractivity contribution in [3.63, 3.8) is 0 Å². The Hall–Kier alpha value is -2.90. The number of ether oxygens (including phenoxy) is 1. The Morgan fingerprint density at radius 2 is 1.90 bits per heavy atom. The van der Waals surface area contributed by atoms with E-state index in [4.69, 9.17) is 16.3 Å². The third-order valence-corrected chi connectivity index (χ3v) is 5.13. The number of nitrogens with one attached hydrogen (secondary N) is 2. The first-order valence-electron chi connectivity index (χ1n) is 9.74. The molecule has 2 aromatic carbocycles. The Labute approximate surface area is 180 Å². The molecule has 0 spiro atoms. The van der Waals surface area contributed by atoms with Gasteiger partial charge < -0.3 is 20.3 Å². The van der Waals surface area contributed by atoms with E-state index in [9.17, 15) is 14.4 Å². The summed E-state index contributed by atoms with van der Waals surface area (Å²) in [7, 11) is 1.57. The van der Waals surface area contributed by atoms with Crippen molar-refractivity contribution in [2.75, 3.05) is 32.1 Å². The number of likely N-dealkylation sites (tertiary alicyclic amines) is 1. The number of methoxy groups -OCH3 is 1. The Morgan fingerprint density at radius 1 is 1.13 bits per heavy atom. The average Bonchev–Trinajstić information content (AvgIpc) is 3.24. The van der Waals surface area contributed by atoms with Gasteiger partial charge in [-0.2, -0.15) is 0 Å². The molecule has 1 heterocycles. The lowest BCUT2D eigenvalue weighted by Gasteiger charge is -2.24. The molecule has 0 aromatic heterocycles. The first-order valence-corrected chi connectivity index (χ1v) is 10.1. The summed E-state index contributed by atoms with van der Waals surface area (Å²) >= 11 is 5.92. The predicted molar refractivity (Wildman–Crippen MR) is 115 cm³/mol. The lowest BCUT2D eigenvalue weighted by molar-refractivity contribution is -0.125. The van der Waals surface area contributed by atoms with Crippen LogP contribution in [0.5, 0.6) is 0 Å². The SMILES string of the molecule is COCCNC(=O)C1CCCN1C(=O)c1ccc(NC(=O)c2cccc(Cl)c2)cc1. The van der Waals surface area contributed by atoms with Gasteiger partial charge in [0.15, 0.2) is 0 Å². The standard InChI is InChI=1S/C22H24ClN3O4/c1-30-13-11-24-21(28)19-6-3-12-26(19)22(29)15-7-9-18(10-8-15)25-20(27)16-4-2-5-17(23)14-16/h2,4-5,7-10,14,19H,3,6,11-13H2,1H3,(H,24,28)(H,25,27). The Kier molecular flexibility index (Phi) is 7.43. The van der Waals surface area contributed by atoms with Gasteiger partial charge >= 0.3 is 0 Å². The number of carbonyl (C=O) groups is 3. The Balaban J connectivity index is 1.63. The number of benzene rings is 2. The zero-order valence-electron chi connectivity index (χ0n) is 16.7. The molecule has 0 bridgehead atoms. The van der Waals surface area contributed by atoms with E-state index in [0.717, 1.165) is 6.42 Å². The molecule has 3 amide bonds. The van der Waals surface area contributed by atoms with E-state index >= 15 is 0 Å². The van der Waals surface area contributed by atoms with Crippen molar-refractivity contribution in [1.29, 1.82) is 0 Å². The fourth-order valence-corrected chi connectivity index (χ4v) is 3.56. The molecule has 1 aliphatic rings. The van der Waals surface area contributed by atoms with E-state index in [1.807, 2.05) is 0 Å². The van der Waals surface area contributed by atoms with E-state index in [1.54, 1.807) is 60.5 Å². The number of nitrogens with zero attached hydrogens (tertiary/aromatic N) is 1. The lowest BCUT2D eigenvalue weighted by Crippen LogP contribution is -2.46. The van der Waals surface area contributed by atoms with Gasteiger partial charge in [-0.05, 0) is 55.3 Å². The summed E-state index contributed by atoms with van der Waals surface area (Å²) < 4.78 is 4.94. The third-order valence-electron chi connectivity index (χ3n) is 4.90. The highest BCUT2D eigenvalue weighted by Gasteiger charge is 2.34. The minimum atomic E-state index is -0.475. The van der Waals surface area contributed by atoms with Crippen LogP contribution in [0.15, 0.2) is 48.5 Å². The van der Waals surface area contributed by atoms with Crippen molar-refractivity contribution in [3.05, 3.63) is 64.7 Å². The molecule has 1 unspecified atom stereocenters. The lowest BCUT2D eigenvalue weighted by atomic mass is 10.1. The van der Waals surface area contributed by atoms with Crippen LogP contribution >= 0.6 is 11.6 Å². The quantitative estimate of drug-likeness (QED) is 0.662. The highest BCUT2D eigenvalue weighted by Crippen LogP contribution is 2.21. The summed E-state index contributed by atoms with van der Waals surface area (Å²) in [5, 5.41) is 6.06. The van der Waals surface area contributed by atoms with Gasteiger partial charge in [0.1, 0.15) is 6.04 Å².